The van der Waals surface area contributed by atoms with Gasteiger partial charge in [0.25, 0.3) is 0 Å². The molecule has 0 saturated carbocycles. The van der Waals surface area contributed by atoms with Crippen LogP contribution < -0.4 is 10.5 Å². The first-order chi connectivity index (χ1) is 9.04. The van der Waals surface area contributed by atoms with E-state index >= 15 is 0 Å². The van der Waals surface area contributed by atoms with Crippen molar-refractivity contribution in [3.63, 3.8) is 0 Å². The molecular formula is C15H16ClNOS. The first-order valence-corrected chi connectivity index (χ1v) is 7.23. The van der Waals surface area contributed by atoms with Crippen LogP contribution in [0.25, 0.3) is 0 Å². The fraction of sp³-hybridized carbons (Fsp3) is 0.200. The third-order valence-electron chi connectivity index (χ3n) is 2.34. The van der Waals surface area contributed by atoms with E-state index in [9.17, 15) is 0 Å². The predicted molar refractivity (Wildman–Crippen MR) is 82.2 cm³/mol. The van der Waals surface area contributed by atoms with E-state index in [0.717, 1.165) is 20.6 Å². The fourth-order valence-electron chi connectivity index (χ4n) is 1.65. The van der Waals surface area contributed by atoms with Crippen molar-refractivity contribution in [2.75, 3.05) is 5.73 Å². The monoisotopic (exact) mass is 293 g/mol. The zero-order valence-electron chi connectivity index (χ0n) is 10.9. The Kier molecular flexibility index (Phi) is 4.61. The molecule has 0 radical (unpaired) electrons. The van der Waals surface area contributed by atoms with Crippen molar-refractivity contribution < 1.29 is 4.74 Å². The maximum Gasteiger partial charge on any atom is 0.122 e. The van der Waals surface area contributed by atoms with Gasteiger partial charge in [-0.05, 0) is 38.1 Å². The Balaban J connectivity index is 2.25. The first-order valence-electron chi connectivity index (χ1n) is 6.04. The Labute approximate surface area is 122 Å². The minimum absolute atomic E-state index is 0.125. The van der Waals surface area contributed by atoms with Crippen LogP contribution in [0.4, 0.5) is 5.69 Å². The van der Waals surface area contributed by atoms with Gasteiger partial charge in [-0.2, -0.15) is 0 Å². The molecule has 2 rings (SSSR count). The normalized spacial score (nSPS) is 10.7. The lowest BCUT2D eigenvalue weighted by atomic mass is 10.3. The van der Waals surface area contributed by atoms with Crippen LogP contribution >= 0.6 is 23.4 Å². The maximum atomic E-state index is 6.15. The fourth-order valence-corrected chi connectivity index (χ4v) is 2.83. The van der Waals surface area contributed by atoms with Gasteiger partial charge in [0.15, 0.2) is 0 Å². The molecule has 0 aromatic heterocycles. The molecule has 0 aliphatic carbocycles. The molecular weight excluding hydrogens is 278 g/mol. The lowest BCUT2D eigenvalue weighted by Gasteiger charge is -2.12. The number of hydrogen-bond donors (Lipinski definition) is 1. The lowest BCUT2D eigenvalue weighted by Crippen LogP contribution is -2.05. The summed E-state index contributed by atoms with van der Waals surface area (Å²) in [6.45, 7) is 3.98. The summed E-state index contributed by atoms with van der Waals surface area (Å²) in [7, 11) is 0. The van der Waals surface area contributed by atoms with Crippen molar-refractivity contribution in [3.05, 3.63) is 47.5 Å². The van der Waals surface area contributed by atoms with Crippen LogP contribution in [0.15, 0.2) is 52.3 Å². The summed E-state index contributed by atoms with van der Waals surface area (Å²) in [4.78, 5) is 2.02. The highest BCUT2D eigenvalue weighted by Crippen LogP contribution is 2.36. The molecule has 0 saturated heterocycles. The average Bonchev–Trinajstić information content (AvgIpc) is 2.30. The van der Waals surface area contributed by atoms with Gasteiger partial charge in [0.2, 0.25) is 0 Å². The number of rotatable bonds is 4. The van der Waals surface area contributed by atoms with Crippen LogP contribution in [0, 0.1) is 0 Å². The number of nitrogens with two attached hydrogens (primary N) is 1. The molecule has 0 aliphatic heterocycles. The number of hydrogen-bond acceptors (Lipinski definition) is 3. The first kappa shape index (κ1) is 14.1. The van der Waals surface area contributed by atoms with Crippen molar-refractivity contribution in [2.45, 2.75) is 29.7 Å². The van der Waals surface area contributed by atoms with Crippen molar-refractivity contribution in [1.29, 1.82) is 0 Å². The van der Waals surface area contributed by atoms with E-state index in [1.807, 2.05) is 56.3 Å². The summed E-state index contributed by atoms with van der Waals surface area (Å²) in [6.07, 6.45) is 0.125. The molecule has 100 valence electrons. The largest absolute Gasteiger partial charge is 0.491 e. The van der Waals surface area contributed by atoms with Gasteiger partial charge in [0, 0.05) is 21.5 Å². The summed E-state index contributed by atoms with van der Waals surface area (Å²) >= 11 is 7.73. The lowest BCUT2D eigenvalue weighted by molar-refractivity contribution is 0.242. The van der Waals surface area contributed by atoms with Gasteiger partial charge in [0.1, 0.15) is 5.75 Å². The molecule has 0 aliphatic rings. The smallest absolute Gasteiger partial charge is 0.122 e. The average molecular weight is 294 g/mol. The topological polar surface area (TPSA) is 35.2 Å². The number of halogens is 1. The van der Waals surface area contributed by atoms with Crippen LogP contribution in [0.5, 0.6) is 5.75 Å². The van der Waals surface area contributed by atoms with E-state index in [2.05, 4.69) is 0 Å². The zero-order chi connectivity index (χ0) is 13.8. The Hall–Kier alpha value is -1.32. The number of benzene rings is 2. The Morgan fingerprint density at radius 3 is 2.58 bits per heavy atom. The van der Waals surface area contributed by atoms with Crippen molar-refractivity contribution in [1.82, 2.24) is 0 Å². The number of anilines is 1. The van der Waals surface area contributed by atoms with E-state index in [0.29, 0.717) is 5.69 Å². The summed E-state index contributed by atoms with van der Waals surface area (Å²) in [5, 5.41) is 0.737. The molecule has 19 heavy (non-hydrogen) atoms. The standard InChI is InChI=1S/C15H16ClNOS/c1-10(2)18-12-7-11(17)8-13(9-12)19-15-6-4-3-5-14(15)16/h3-10H,17H2,1-2H3. The van der Waals surface area contributed by atoms with Crippen LogP contribution in [0.3, 0.4) is 0 Å². The van der Waals surface area contributed by atoms with Crippen molar-refractivity contribution in [2.24, 2.45) is 0 Å². The second kappa shape index (κ2) is 6.22. The summed E-state index contributed by atoms with van der Waals surface area (Å²) in [6, 6.07) is 13.5. The zero-order valence-corrected chi connectivity index (χ0v) is 12.5. The second-order valence-electron chi connectivity index (χ2n) is 4.44. The summed E-state index contributed by atoms with van der Waals surface area (Å²) in [5.74, 6) is 0.782. The molecule has 2 N–H and O–H groups in total. The van der Waals surface area contributed by atoms with Gasteiger partial charge >= 0.3 is 0 Å². The molecule has 2 aromatic rings. The Bertz CT molecular complexity index is 572. The minimum Gasteiger partial charge on any atom is -0.491 e. The maximum absolute atomic E-state index is 6.15. The van der Waals surface area contributed by atoms with Crippen LogP contribution in [0.1, 0.15) is 13.8 Å². The second-order valence-corrected chi connectivity index (χ2v) is 5.96. The van der Waals surface area contributed by atoms with E-state index in [-0.39, 0.29) is 6.10 Å². The summed E-state index contributed by atoms with van der Waals surface area (Å²) in [5.41, 5.74) is 6.59. The van der Waals surface area contributed by atoms with Gasteiger partial charge in [-0.1, -0.05) is 35.5 Å². The molecule has 0 spiro atoms. The molecule has 2 aromatic carbocycles. The van der Waals surface area contributed by atoms with E-state index in [1.165, 1.54) is 0 Å². The molecule has 0 unspecified atom stereocenters. The minimum atomic E-state index is 0.125. The third-order valence-corrected chi connectivity index (χ3v) is 3.83. The van der Waals surface area contributed by atoms with Gasteiger partial charge in [-0.25, -0.2) is 0 Å². The number of ether oxygens (including phenoxy) is 1. The molecule has 0 heterocycles. The van der Waals surface area contributed by atoms with E-state index in [4.69, 9.17) is 22.1 Å². The predicted octanol–water partition coefficient (Wildman–Crippen LogP) is 4.86. The van der Waals surface area contributed by atoms with E-state index < -0.39 is 0 Å². The highest BCUT2D eigenvalue weighted by atomic mass is 35.5. The van der Waals surface area contributed by atoms with Gasteiger partial charge in [-0.3, -0.25) is 0 Å². The highest BCUT2D eigenvalue weighted by Gasteiger charge is 2.06. The molecule has 4 heteroatoms. The highest BCUT2D eigenvalue weighted by molar-refractivity contribution is 7.99. The number of nitrogen functional groups attached to an aromatic ring is 1. The Morgan fingerprint density at radius 2 is 1.89 bits per heavy atom. The van der Waals surface area contributed by atoms with Gasteiger partial charge in [-0.15, -0.1) is 0 Å². The molecule has 2 nitrogen and oxygen atoms in total. The van der Waals surface area contributed by atoms with Crippen LogP contribution in [-0.2, 0) is 0 Å². The van der Waals surface area contributed by atoms with Gasteiger partial charge in [0.05, 0.1) is 11.1 Å². The third kappa shape index (κ3) is 4.08. The van der Waals surface area contributed by atoms with Crippen molar-refractivity contribution in [3.8, 4) is 5.75 Å². The molecule has 0 amide bonds. The molecule has 0 bridgehead atoms. The van der Waals surface area contributed by atoms with E-state index in [1.54, 1.807) is 11.8 Å². The quantitative estimate of drug-likeness (QED) is 0.818. The van der Waals surface area contributed by atoms with Crippen LogP contribution in [-0.4, -0.2) is 6.10 Å². The molecule has 0 fully saturated rings. The summed E-state index contributed by atoms with van der Waals surface area (Å²) < 4.78 is 5.68. The van der Waals surface area contributed by atoms with Crippen LogP contribution in [0.2, 0.25) is 5.02 Å². The molecule has 0 atom stereocenters. The Morgan fingerprint density at radius 1 is 1.16 bits per heavy atom. The SMILES string of the molecule is CC(C)Oc1cc(N)cc(Sc2ccccc2Cl)c1. The van der Waals surface area contributed by atoms with Crippen molar-refractivity contribution >= 4 is 29.1 Å². The van der Waals surface area contributed by atoms with Gasteiger partial charge < -0.3 is 10.5 Å².